The minimum atomic E-state index is -0.342. The summed E-state index contributed by atoms with van der Waals surface area (Å²) in [5.74, 6) is 0.278. The first-order valence-electron chi connectivity index (χ1n) is 8.92. The molecule has 0 radical (unpaired) electrons. The minimum absolute atomic E-state index is 0. The van der Waals surface area contributed by atoms with Crippen LogP contribution in [0.4, 0.5) is 0 Å². The summed E-state index contributed by atoms with van der Waals surface area (Å²) in [4.78, 5) is 20.1. The Balaban J connectivity index is 0.00000169. The molecular formula is C19H29Cl2N3OS. The van der Waals surface area contributed by atoms with Crippen LogP contribution in [0, 0.1) is 5.41 Å². The average Bonchev–Trinajstić information content (AvgIpc) is 3.27. The Morgan fingerprint density at radius 2 is 2.00 bits per heavy atom. The van der Waals surface area contributed by atoms with Crippen LogP contribution in [0.5, 0.6) is 0 Å². The lowest BCUT2D eigenvalue weighted by Gasteiger charge is -2.36. The van der Waals surface area contributed by atoms with Gasteiger partial charge in [-0.2, -0.15) is 0 Å². The van der Waals surface area contributed by atoms with Crippen molar-refractivity contribution >= 4 is 52.3 Å². The van der Waals surface area contributed by atoms with E-state index in [0.29, 0.717) is 6.04 Å². The van der Waals surface area contributed by atoms with Crippen LogP contribution in [0.2, 0.25) is 0 Å². The fraction of sp³-hybridized carbons (Fsp3) is 0.579. The predicted molar refractivity (Wildman–Crippen MR) is 115 cm³/mol. The molecule has 2 aromatic rings. The number of likely N-dealkylation sites (N-methyl/N-ethyl adjacent to an activating group) is 1. The minimum Gasteiger partial charge on any atom is -0.341 e. The first kappa shape index (κ1) is 23.2. The number of hydrogen-bond acceptors (Lipinski definition) is 4. The number of nitrogens with zero attached hydrogens (tertiary/aromatic N) is 2. The van der Waals surface area contributed by atoms with E-state index in [1.165, 1.54) is 4.70 Å². The average molecular weight is 418 g/mol. The summed E-state index contributed by atoms with van der Waals surface area (Å²) in [6.45, 7) is 6.18. The number of para-hydroxylation sites is 1. The van der Waals surface area contributed by atoms with Gasteiger partial charge in [0.25, 0.3) is 0 Å². The number of halogens is 2. The van der Waals surface area contributed by atoms with E-state index in [9.17, 15) is 4.79 Å². The molecule has 3 rings (SSSR count). The van der Waals surface area contributed by atoms with Gasteiger partial charge in [0.2, 0.25) is 5.91 Å². The Hall–Kier alpha value is -0.880. The molecule has 26 heavy (non-hydrogen) atoms. The molecule has 1 aromatic heterocycles. The number of benzene rings is 1. The highest BCUT2D eigenvalue weighted by Crippen LogP contribution is 2.36. The van der Waals surface area contributed by atoms with Gasteiger partial charge >= 0.3 is 0 Å². The van der Waals surface area contributed by atoms with Gasteiger partial charge < -0.3 is 10.2 Å². The molecule has 1 amide bonds. The lowest BCUT2D eigenvalue weighted by atomic mass is 9.77. The van der Waals surface area contributed by atoms with Gasteiger partial charge in [-0.25, -0.2) is 4.98 Å². The van der Waals surface area contributed by atoms with Crippen molar-refractivity contribution in [1.29, 1.82) is 0 Å². The molecule has 0 saturated carbocycles. The lowest BCUT2D eigenvalue weighted by Crippen LogP contribution is -2.48. The zero-order valence-corrected chi connectivity index (χ0v) is 18.1. The molecule has 0 aliphatic carbocycles. The maximum absolute atomic E-state index is 13.3. The quantitative estimate of drug-likeness (QED) is 0.761. The van der Waals surface area contributed by atoms with Crippen molar-refractivity contribution in [3.8, 4) is 0 Å². The standard InChI is InChI=1S/C19H27N3OS.2ClH/c1-4-19(5-2,18(23)22(3)14-10-11-20-13-14)12-17-21-15-8-6-7-9-16(15)24-17;;/h6-9,14,20H,4-5,10-13H2,1-3H3;2*1H. The molecular weight excluding hydrogens is 389 g/mol. The van der Waals surface area contributed by atoms with Gasteiger partial charge in [0, 0.05) is 26.1 Å². The largest absolute Gasteiger partial charge is 0.341 e. The van der Waals surface area contributed by atoms with Crippen molar-refractivity contribution in [2.24, 2.45) is 5.41 Å². The molecule has 1 aliphatic heterocycles. The molecule has 1 unspecified atom stereocenters. The monoisotopic (exact) mass is 417 g/mol. The van der Waals surface area contributed by atoms with Gasteiger partial charge in [-0.3, -0.25) is 4.79 Å². The fourth-order valence-corrected chi connectivity index (χ4v) is 4.78. The van der Waals surface area contributed by atoms with Crippen LogP contribution < -0.4 is 5.32 Å². The second-order valence-corrected chi connectivity index (χ2v) is 7.92. The van der Waals surface area contributed by atoms with E-state index >= 15 is 0 Å². The number of fused-ring (bicyclic) bond motifs is 1. The second-order valence-electron chi connectivity index (χ2n) is 6.80. The number of amides is 1. The summed E-state index contributed by atoms with van der Waals surface area (Å²) in [6.07, 6.45) is 3.49. The molecule has 146 valence electrons. The third kappa shape index (κ3) is 4.50. The number of aromatic nitrogens is 1. The number of carbonyl (C=O) groups is 1. The van der Waals surface area contributed by atoms with Gasteiger partial charge in [0.1, 0.15) is 0 Å². The maximum Gasteiger partial charge on any atom is 0.229 e. The van der Waals surface area contributed by atoms with Gasteiger partial charge in [0.05, 0.1) is 20.6 Å². The molecule has 2 heterocycles. The van der Waals surface area contributed by atoms with Crippen LogP contribution in [-0.2, 0) is 11.2 Å². The molecule has 4 nitrogen and oxygen atoms in total. The molecule has 0 bridgehead atoms. The van der Waals surface area contributed by atoms with Crippen molar-refractivity contribution in [2.75, 3.05) is 20.1 Å². The maximum atomic E-state index is 13.3. The molecule has 1 aromatic carbocycles. The Labute approximate surface area is 172 Å². The summed E-state index contributed by atoms with van der Waals surface area (Å²) in [5.41, 5.74) is 0.699. The summed E-state index contributed by atoms with van der Waals surface area (Å²) in [5, 5.41) is 4.43. The number of nitrogens with one attached hydrogen (secondary N) is 1. The van der Waals surface area contributed by atoms with Gasteiger partial charge in [-0.05, 0) is 37.9 Å². The van der Waals surface area contributed by atoms with Gasteiger partial charge in [0.15, 0.2) is 0 Å². The van der Waals surface area contributed by atoms with Crippen molar-refractivity contribution in [3.63, 3.8) is 0 Å². The van der Waals surface area contributed by atoms with E-state index in [1.54, 1.807) is 11.3 Å². The Morgan fingerprint density at radius 1 is 1.31 bits per heavy atom. The van der Waals surface area contributed by atoms with Crippen LogP contribution >= 0.6 is 36.2 Å². The number of carbonyl (C=O) groups excluding carboxylic acids is 1. The summed E-state index contributed by atoms with van der Waals surface area (Å²) < 4.78 is 1.20. The fourth-order valence-electron chi connectivity index (χ4n) is 3.67. The first-order chi connectivity index (χ1) is 11.6. The van der Waals surface area contributed by atoms with Crippen molar-refractivity contribution in [2.45, 2.75) is 45.6 Å². The predicted octanol–water partition coefficient (Wildman–Crippen LogP) is 4.31. The second kappa shape index (κ2) is 9.88. The lowest BCUT2D eigenvalue weighted by molar-refractivity contribution is -0.143. The molecule has 1 aliphatic rings. The summed E-state index contributed by atoms with van der Waals surface area (Å²) in [7, 11) is 1.97. The van der Waals surface area contributed by atoms with Crippen molar-refractivity contribution in [3.05, 3.63) is 29.3 Å². The summed E-state index contributed by atoms with van der Waals surface area (Å²) in [6, 6.07) is 8.54. The Kier molecular flexibility index (Phi) is 8.80. The van der Waals surface area contributed by atoms with Crippen LogP contribution in [0.25, 0.3) is 10.2 Å². The molecule has 7 heteroatoms. The van der Waals surface area contributed by atoms with Crippen LogP contribution in [0.1, 0.15) is 38.1 Å². The van der Waals surface area contributed by atoms with E-state index in [2.05, 4.69) is 25.2 Å². The normalized spacial score (nSPS) is 16.8. The van der Waals surface area contributed by atoms with Crippen LogP contribution in [-0.4, -0.2) is 42.0 Å². The number of hydrogen-bond donors (Lipinski definition) is 1. The van der Waals surface area contributed by atoms with E-state index in [-0.39, 0.29) is 36.1 Å². The van der Waals surface area contributed by atoms with E-state index < -0.39 is 0 Å². The van der Waals surface area contributed by atoms with Crippen molar-refractivity contribution < 1.29 is 4.79 Å². The van der Waals surface area contributed by atoms with E-state index in [0.717, 1.165) is 49.3 Å². The smallest absolute Gasteiger partial charge is 0.229 e. The van der Waals surface area contributed by atoms with Gasteiger partial charge in [-0.1, -0.05) is 26.0 Å². The SMILES string of the molecule is CCC(CC)(Cc1nc2ccccc2s1)C(=O)N(C)C1CCNC1.Cl.Cl. The highest BCUT2D eigenvalue weighted by molar-refractivity contribution is 7.18. The van der Waals surface area contributed by atoms with E-state index in [4.69, 9.17) is 4.98 Å². The Morgan fingerprint density at radius 3 is 2.58 bits per heavy atom. The van der Waals surface area contributed by atoms with Crippen LogP contribution in [0.3, 0.4) is 0 Å². The zero-order chi connectivity index (χ0) is 17.2. The Bertz CT molecular complexity index is 679. The number of thiazole rings is 1. The zero-order valence-electron chi connectivity index (χ0n) is 15.7. The highest BCUT2D eigenvalue weighted by Gasteiger charge is 2.40. The van der Waals surface area contributed by atoms with Gasteiger partial charge in [-0.15, -0.1) is 36.2 Å². The highest BCUT2D eigenvalue weighted by atomic mass is 35.5. The molecule has 1 atom stereocenters. The molecule has 1 N–H and O–H groups in total. The number of rotatable bonds is 6. The third-order valence-electron chi connectivity index (χ3n) is 5.54. The van der Waals surface area contributed by atoms with Crippen molar-refractivity contribution in [1.82, 2.24) is 15.2 Å². The third-order valence-corrected chi connectivity index (χ3v) is 6.57. The van der Waals surface area contributed by atoms with Crippen LogP contribution in [0.15, 0.2) is 24.3 Å². The first-order valence-corrected chi connectivity index (χ1v) is 9.73. The molecule has 0 spiro atoms. The van der Waals surface area contributed by atoms with E-state index in [1.807, 2.05) is 30.1 Å². The molecule has 1 saturated heterocycles. The summed E-state index contributed by atoms with van der Waals surface area (Å²) >= 11 is 1.72. The molecule has 1 fully saturated rings. The topological polar surface area (TPSA) is 45.2 Å².